The van der Waals surface area contributed by atoms with Gasteiger partial charge in [-0.1, -0.05) is 0 Å². The van der Waals surface area contributed by atoms with Crippen LogP contribution in [0, 0.1) is 0 Å². The fourth-order valence-electron chi connectivity index (χ4n) is 0.371. The SMILES string of the molecule is CSC(C)(C)[C@@H](N)CO. The number of hydrogen-bond donors (Lipinski definition) is 2. The van der Waals surface area contributed by atoms with Crippen LogP contribution in [0.2, 0.25) is 0 Å². The van der Waals surface area contributed by atoms with Crippen LogP contribution in [0.3, 0.4) is 0 Å². The Bertz CT molecular complexity index is 85.1. The molecule has 3 N–H and O–H groups in total. The van der Waals surface area contributed by atoms with Crippen LogP contribution < -0.4 is 5.73 Å². The van der Waals surface area contributed by atoms with Crippen LogP contribution in [0.4, 0.5) is 0 Å². The van der Waals surface area contributed by atoms with Crippen LogP contribution in [0.5, 0.6) is 0 Å². The van der Waals surface area contributed by atoms with E-state index in [1.807, 2.05) is 20.1 Å². The second-order valence-corrected chi connectivity index (χ2v) is 4.06. The summed E-state index contributed by atoms with van der Waals surface area (Å²) in [5, 5.41) is 8.66. The van der Waals surface area contributed by atoms with E-state index in [0.29, 0.717) is 0 Å². The molecule has 0 aliphatic rings. The fourth-order valence-corrected chi connectivity index (χ4v) is 0.749. The van der Waals surface area contributed by atoms with Crippen LogP contribution in [0.15, 0.2) is 0 Å². The topological polar surface area (TPSA) is 46.2 Å². The van der Waals surface area contributed by atoms with Crippen LogP contribution in [-0.4, -0.2) is 28.8 Å². The van der Waals surface area contributed by atoms with Crippen molar-refractivity contribution < 1.29 is 5.11 Å². The first-order chi connectivity index (χ1) is 4.04. The van der Waals surface area contributed by atoms with Crippen molar-refractivity contribution in [3.63, 3.8) is 0 Å². The minimum Gasteiger partial charge on any atom is -0.395 e. The summed E-state index contributed by atoms with van der Waals surface area (Å²) in [7, 11) is 0. The van der Waals surface area contributed by atoms with E-state index in [9.17, 15) is 0 Å². The van der Waals surface area contributed by atoms with E-state index in [1.165, 1.54) is 0 Å². The molecule has 0 aromatic carbocycles. The molecule has 0 saturated heterocycles. The van der Waals surface area contributed by atoms with Gasteiger partial charge >= 0.3 is 0 Å². The van der Waals surface area contributed by atoms with Gasteiger partial charge < -0.3 is 10.8 Å². The standard InChI is InChI=1S/C6H15NOS/c1-6(2,9-3)5(7)4-8/h5,8H,4,7H2,1-3H3/t5-/m0/s1. The van der Waals surface area contributed by atoms with Crippen molar-refractivity contribution in [2.45, 2.75) is 24.6 Å². The van der Waals surface area contributed by atoms with E-state index >= 15 is 0 Å². The average Bonchev–Trinajstić information content (AvgIpc) is 1.86. The van der Waals surface area contributed by atoms with Gasteiger partial charge in [-0.2, -0.15) is 11.8 Å². The lowest BCUT2D eigenvalue weighted by Crippen LogP contribution is -2.43. The maximum Gasteiger partial charge on any atom is 0.0595 e. The Hall–Kier alpha value is 0.270. The lowest BCUT2D eigenvalue weighted by Gasteiger charge is -2.27. The van der Waals surface area contributed by atoms with Gasteiger partial charge in [-0.25, -0.2) is 0 Å². The first kappa shape index (κ1) is 9.27. The zero-order valence-electron chi connectivity index (χ0n) is 6.22. The molecule has 0 aromatic heterocycles. The maximum atomic E-state index is 8.66. The van der Waals surface area contributed by atoms with Crippen LogP contribution in [-0.2, 0) is 0 Å². The highest BCUT2D eigenvalue weighted by Gasteiger charge is 2.23. The number of aliphatic hydroxyl groups is 1. The first-order valence-electron chi connectivity index (χ1n) is 2.96. The summed E-state index contributed by atoms with van der Waals surface area (Å²) in [6.07, 6.45) is 2.00. The Kier molecular flexibility index (Phi) is 3.54. The predicted octanol–water partition coefficient (Wildman–Crippen LogP) is 0.448. The van der Waals surface area contributed by atoms with E-state index < -0.39 is 0 Å². The third-order valence-electron chi connectivity index (χ3n) is 1.62. The molecule has 0 bridgehead atoms. The van der Waals surface area contributed by atoms with E-state index in [2.05, 4.69) is 0 Å². The van der Waals surface area contributed by atoms with Crippen molar-refractivity contribution in [1.29, 1.82) is 0 Å². The second kappa shape index (κ2) is 3.44. The fraction of sp³-hybridized carbons (Fsp3) is 1.00. The molecule has 56 valence electrons. The molecule has 0 radical (unpaired) electrons. The molecule has 2 nitrogen and oxygen atoms in total. The molecule has 9 heavy (non-hydrogen) atoms. The lowest BCUT2D eigenvalue weighted by atomic mass is 10.1. The van der Waals surface area contributed by atoms with E-state index in [0.717, 1.165) is 0 Å². The maximum absolute atomic E-state index is 8.66. The third-order valence-corrected chi connectivity index (χ3v) is 2.97. The second-order valence-electron chi connectivity index (χ2n) is 2.60. The van der Waals surface area contributed by atoms with E-state index in [4.69, 9.17) is 10.8 Å². The van der Waals surface area contributed by atoms with Gasteiger partial charge in [0.1, 0.15) is 0 Å². The van der Waals surface area contributed by atoms with E-state index in [-0.39, 0.29) is 17.4 Å². The zero-order valence-corrected chi connectivity index (χ0v) is 7.03. The van der Waals surface area contributed by atoms with Crippen LogP contribution in [0.1, 0.15) is 13.8 Å². The van der Waals surface area contributed by atoms with Gasteiger partial charge in [0.15, 0.2) is 0 Å². The zero-order chi connectivity index (χ0) is 7.49. The number of hydrogen-bond acceptors (Lipinski definition) is 3. The van der Waals surface area contributed by atoms with Gasteiger partial charge in [-0.05, 0) is 20.1 Å². The minimum absolute atomic E-state index is 0.00521. The van der Waals surface area contributed by atoms with Crippen molar-refractivity contribution in [3.8, 4) is 0 Å². The number of aliphatic hydroxyl groups excluding tert-OH is 1. The van der Waals surface area contributed by atoms with Crippen molar-refractivity contribution >= 4 is 11.8 Å². The molecule has 0 aliphatic heterocycles. The van der Waals surface area contributed by atoms with Crippen molar-refractivity contribution in [2.75, 3.05) is 12.9 Å². The molecule has 0 spiro atoms. The summed E-state index contributed by atoms with van der Waals surface area (Å²) >= 11 is 1.67. The summed E-state index contributed by atoms with van der Waals surface area (Å²) in [5.74, 6) is 0. The molecule has 3 heteroatoms. The van der Waals surface area contributed by atoms with Gasteiger partial charge in [0.25, 0.3) is 0 Å². The molecule has 0 heterocycles. The third kappa shape index (κ3) is 2.56. The highest BCUT2D eigenvalue weighted by molar-refractivity contribution is 8.00. The molecule has 0 saturated carbocycles. The monoisotopic (exact) mass is 149 g/mol. The van der Waals surface area contributed by atoms with Crippen molar-refractivity contribution in [2.24, 2.45) is 5.73 Å². The molecule has 0 aromatic rings. The van der Waals surface area contributed by atoms with Crippen molar-refractivity contribution in [3.05, 3.63) is 0 Å². The largest absolute Gasteiger partial charge is 0.395 e. The summed E-state index contributed by atoms with van der Waals surface area (Å²) in [5.41, 5.74) is 5.59. The normalized spacial score (nSPS) is 15.7. The minimum atomic E-state index is -0.118. The van der Waals surface area contributed by atoms with Gasteiger partial charge in [0.2, 0.25) is 0 Å². The Morgan fingerprint density at radius 2 is 2.11 bits per heavy atom. The Morgan fingerprint density at radius 3 is 2.22 bits per heavy atom. The molecule has 1 atom stereocenters. The average molecular weight is 149 g/mol. The molecular formula is C6H15NOS. The molecule has 0 aliphatic carbocycles. The molecule has 0 rings (SSSR count). The van der Waals surface area contributed by atoms with Gasteiger partial charge in [0.05, 0.1) is 6.61 Å². The Balaban J connectivity index is 3.80. The Labute approximate surface area is 60.8 Å². The summed E-state index contributed by atoms with van der Waals surface area (Å²) in [6, 6.07) is -0.118. The molecule has 0 fully saturated rings. The molecule has 0 amide bonds. The van der Waals surface area contributed by atoms with Gasteiger partial charge in [-0.3, -0.25) is 0 Å². The summed E-state index contributed by atoms with van der Waals surface area (Å²) in [6.45, 7) is 4.12. The highest BCUT2D eigenvalue weighted by Crippen LogP contribution is 2.23. The van der Waals surface area contributed by atoms with Crippen LogP contribution >= 0.6 is 11.8 Å². The predicted molar refractivity (Wildman–Crippen MR) is 42.7 cm³/mol. The summed E-state index contributed by atoms with van der Waals surface area (Å²) in [4.78, 5) is 0. The smallest absolute Gasteiger partial charge is 0.0595 e. The summed E-state index contributed by atoms with van der Waals surface area (Å²) < 4.78 is -0.00521. The Morgan fingerprint density at radius 1 is 1.67 bits per heavy atom. The first-order valence-corrected chi connectivity index (χ1v) is 4.18. The van der Waals surface area contributed by atoms with E-state index in [1.54, 1.807) is 11.8 Å². The lowest BCUT2D eigenvalue weighted by molar-refractivity contribution is 0.248. The number of nitrogens with two attached hydrogens (primary N) is 1. The highest BCUT2D eigenvalue weighted by atomic mass is 32.2. The van der Waals surface area contributed by atoms with Gasteiger partial charge in [-0.15, -0.1) is 0 Å². The van der Waals surface area contributed by atoms with Gasteiger partial charge in [0, 0.05) is 10.8 Å². The van der Waals surface area contributed by atoms with Crippen LogP contribution in [0.25, 0.3) is 0 Å². The van der Waals surface area contributed by atoms with Crippen molar-refractivity contribution in [1.82, 2.24) is 0 Å². The number of rotatable bonds is 3. The molecular weight excluding hydrogens is 134 g/mol. The quantitative estimate of drug-likeness (QED) is 0.612. The number of thioether (sulfide) groups is 1. The molecule has 0 unspecified atom stereocenters.